The Balaban J connectivity index is 1.84. The SMILES string of the molecule is CC(=O)c1ccc(NC(=O)c2nc(C(=O)NCCN(C)C)c3ccccn23)cc1. The molecule has 8 nitrogen and oxygen atoms in total. The van der Waals surface area contributed by atoms with Crippen LogP contribution in [-0.4, -0.2) is 59.1 Å². The molecule has 0 spiro atoms. The Bertz CT molecular complexity index is 1050. The van der Waals surface area contributed by atoms with Gasteiger partial charge in [0, 0.05) is 30.5 Å². The van der Waals surface area contributed by atoms with Gasteiger partial charge < -0.3 is 15.5 Å². The molecule has 3 rings (SSSR count). The lowest BCUT2D eigenvalue weighted by Gasteiger charge is -2.09. The number of carbonyl (C=O) groups is 3. The van der Waals surface area contributed by atoms with E-state index in [4.69, 9.17) is 0 Å². The van der Waals surface area contributed by atoms with Crippen LogP contribution in [0, 0.1) is 0 Å². The maximum Gasteiger partial charge on any atom is 0.292 e. The van der Waals surface area contributed by atoms with Crippen LogP contribution in [0.5, 0.6) is 0 Å². The molecule has 0 saturated carbocycles. The van der Waals surface area contributed by atoms with Crippen LogP contribution in [0.1, 0.15) is 38.4 Å². The molecule has 2 N–H and O–H groups in total. The number of benzene rings is 1. The largest absolute Gasteiger partial charge is 0.349 e. The fraction of sp³-hybridized carbons (Fsp3) is 0.238. The number of amides is 2. The fourth-order valence-electron chi connectivity index (χ4n) is 2.82. The van der Waals surface area contributed by atoms with Crippen LogP contribution in [0.25, 0.3) is 5.52 Å². The molecule has 150 valence electrons. The fourth-order valence-corrected chi connectivity index (χ4v) is 2.82. The van der Waals surface area contributed by atoms with E-state index in [1.54, 1.807) is 53.1 Å². The topological polar surface area (TPSA) is 95.8 Å². The van der Waals surface area contributed by atoms with Crippen molar-refractivity contribution in [2.24, 2.45) is 0 Å². The zero-order chi connectivity index (χ0) is 21.0. The average molecular weight is 393 g/mol. The van der Waals surface area contributed by atoms with E-state index in [-0.39, 0.29) is 23.2 Å². The third-order valence-corrected chi connectivity index (χ3v) is 4.36. The summed E-state index contributed by atoms with van der Waals surface area (Å²) in [6.45, 7) is 2.65. The molecule has 0 aliphatic carbocycles. The normalized spacial score (nSPS) is 10.9. The van der Waals surface area contributed by atoms with E-state index < -0.39 is 5.91 Å². The predicted octanol–water partition coefficient (Wildman–Crippen LogP) is 2.08. The number of anilines is 1. The Morgan fingerprint density at radius 2 is 1.76 bits per heavy atom. The van der Waals surface area contributed by atoms with Crippen molar-refractivity contribution >= 4 is 28.8 Å². The molecular formula is C21H23N5O3. The van der Waals surface area contributed by atoms with Crippen LogP contribution < -0.4 is 10.6 Å². The van der Waals surface area contributed by atoms with Crippen molar-refractivity contribution in [2.45, 2.75) is 6.92 Å². The number of Topliss-reactive ketones (excluding diaryl/α,β-unsaturated/α-hetero) is 1. The molecule has 2 heterocycles. The number of rotatable bonds is 7. The number of imidazole rings is 1. The van der Waals surface area contributed by atoms with E-state index in [9.17, 15) is 14.4 Å². The molecule has 0 radical (unpaired) electrons. The second-order valence-electron chi connectivity index (χ2n) is 6.89. The average Bonchev–Trinajstić information content (AvgIpc) is 3.08. The number of likely N-dealkylation sites (N-methyl/N-ethyl adjacent to an activating group) is 1. The van der Waals surface area contributed by atoms with Gasteiger partial charge in [0.15, 0.2) is 11.5 Å². The van der Waals surface area contributed by atoms with Crippen LogP contribution in [0.2, 0.25) is 0 Å². The highest BCUT2D eigenvalue weighted by Crippen LogP contribution is 2.16. The van der Waals surface area contributed by atoms with Crippen LogP contribution in [0.15, 0.2) is 48.7 Å². The lowest BCUT2D eigenvalue weighted by molar-refractivity contribution is 0.0947. The number of ketones is 1. The van der Waals surface area contributed by atoms with Gasteiger partial charge in [0.1, 0.15) is 0 Å². The number of nitrogens with zero attached hydrogens (tertiary/aromatic N) is 3. The maximum absolute atomic E-state index is 12.8. The summed E-state index contributed by atoms with van der Waals surface area (Å²) in [6.07, 6.45) is 1.69. The molecule has 0 atom stereocenters. The van der Waals surface area contributed by atoms with Gasteiger partial charge in [-0.25, -0.2) is 4.98 Å². The van der Waals surface area contributed by atoms with Crippen molar-refractivity contribution in [3.05, 3.63) is 65.7 Å². The summed E-state index contributed by atoms with van der Waals surface area (Å²) in [5.41, 5.74) is 1.84. The lowest BCUT2D eigenvalue weighted by Crippen LogP contribution is -2.31. The second kappa shape index (κ2) is 8.66. The number of pyridine rings is 1. The van der Waals surface area contributed by atoms with Crippen LogP contribution in [-0.2, 0) is 0 Å². The summed E-state index contributed by atoms with van der Waals surface area (Å²) in [5.74, 6) is -0.726. The number of fused-ring (bicyclic) bond motifs is 1. The monoisotopic (exact) mass is 393 g/mol. The van der Waals surface area contributed by atoms with Gasteiger partial charge in [0.05, 0.1) is 5.52 Å². The first-order valence-corrected chi connectivity index (χ1v) is 9.19. The predicted molar refractivity (Wildman–Crippen MR) is 110 cm³/mol. The summed E-state index contributed by atoms with van der Waals surface area (Å²) < 4.78 is 1.58. The number of hydrogen-bond acceptors (Lipinski definition) is 5. The first-order chi connectivity index (χ1) is 13.9. The Kier molecular flexibility index (Phi) is 6.04. The third-order valence-electron chi connectivity index (χ3n) is 4.36. The van der Waals surface area contributed by atoms with Crippen LogP contribution in [0.3, 0.4) is 0 Å². The van der Waals surface area contributed by atoms with Crippen LogP contribution >= 0.6 is 0 Å². The van der Waals surface area contributed by atoms with Gasteiger partial charge in [-0.15, -0.1) is 0 Å². The Hall–Kier alpha value is -3.52. The molecule has 3 aromatic rings. The lowest BCUT2D eigenvalue weighted by atomic mass is 10.1. The molecule has 0 fully saturated rings. The molecule has 2 aromatic heterocycles. The molecule has 0 saturated heterocycles. The number of hydrogen-bond donors (Lipinski definition) is 2. The highest BCUT2D eigenvalue weighted by Gasteiger charge is 2.21. The maximum atomic E-state index is 12.8. The van der Waals surface area contributed by atoms with E-state index in [1.807, 2.05) is 19.0 Å². The van der Waals surface area contributed by atoms with Gasteiger partial charge in [0.2, 0.25) is 5.82 Å². The smallest absolute Gasteiger partial charge is 0.292 e. The van der Waals surface area contributed by atoms with E-state index in [0.717, 1.165) is 0 Å². The van der Waals surface area contributed by atoms with Crippen molar-refractivity contribution in [3.63, 3.8) is 0 Å². The first kappa shape index (κ1) is 20.2. The molecular weight excluding hydrogens is 370 g/mol. The summed E-state index contributed by atoms with van der Waals surface area (Å²) in [6, 6.07) is 11.9. The number of carbonyl (C=O) groups excluding carboxylic acids is 3. The van der Waals surface area contributed by atoms with Gasteiger partial charge in [-0.1, -0.05) is 6.07 Å². The van der Waals surface area contributed by atoms with Gasteiger partial charge >= 0.3 is 0 Å². The zero-order valence-electron chi connectivity index (χ0n) is 16.6. The Labute approximate surface area is 168 Å². The minimum atomic E-state index is -0.450. The molecule has 1 aromatic carbocycles. The van der Waals surface area contributed by atoms with Crippen molar-refractivity contribution in [2.75, 3.05) is 32.5 Å². The van der Waals surface area contributed by atoms with E-state index in [1.165, 1.54) is 6.92 Å². The standard InChI is InChI=1S/C21H23N5O3/c1-14(27)15-7-9-16(10-8-15)23-21(29)19-24-18(17-6-4-5-12-26(17)19)20(28)22-11-13-25(2)3/h4-10,12H,11,13H2,1-3H3,(H,22,28)(H,23,29). The minimum absolute atomic E-state index is 0.0490. The highest BCUT2D eigenvalue weighted by atomic mass is 16.2. The molecule has 0 unspecified atom stereocenters. The second-order valence-corrected chi connectivity index (χ2v) is 6.89. The molecule has 2 amide bonds. The molecule has 29 heavy (non-hydrogen) atoms. The summed E-state index contributed by atoms with van der Waals surface area (Å²) >= 11 is 0. The molecule has 0 bridgehead atoms. The molecule has 0 aliphatic heterocycles. The summed E-state index contributed by atoms with van der Waals surface area (Å²) in [7, 11) is 3.84. The van der Waals surface area contributed by atoms with E-state index in [2.05, 4.69) is 15.6 Å². The van der Waals surface area contributed by atoms with E-state index in [0.29, 0.717) is 29.9 Å². The van der Waals surface area contributed by atoms with Crippen LogP contribution in [0.4, 0.5) is 5.69 Å². The third kappa shape index (κ3) is 4.67. The summed E-state index contributed by atoms with van der Waals surface area (Å²) in [5, 5.41) is 5.58. The van der Waals surface area contributed by atoms with Gasteiger partial charge in [-0.05, 0) is 57.4 Å². The quantitative estimate of drug-likeness (QED) is 0.599. The first-order valence-electron chi connectivity index (χ1n) is 9.19. The highest BCUT2D eigenvalue weighted by molar-refractivity contribution is 6.06. The molecule has 8 heteroatoms. The van der Waals surface area contributed by atoms with Crippen molar-refractivity contribution < 1.29 is 14.4 Å². The van der Waals surface area contributed by atoms with Crippen molar-refractivity contribution in [3.8, 4) is 0 Å². The van der Waals surface area contributed by atoms with Gasteiger partial charge in [-0.2, -0.15) is 0 Å². The zero-order valence-corrected chi connectivity index (χ0v) is 16.6. The Morgan fingerprint density at radius 1 is 1.03 bits per heavy atom. The van der Waals surface area contributed by atoms with Crippen molar-refractivity contribution in [1.29, 1.82) is 0 Å². The number of aromatic nitrogens is 2. The van der Waals surface area contributed by atoms with Gasteiger partial charge in [-0.3, -0.25) is 18.8 Å². The number of nitrogens with one attached hydrogen (secondary N) is 2. The minimum Gasteiger partial charge on any atom is -0.349 e. The van der Waals surface area contributed by atoms with Crippen molar-refractivity contribution in [1.82, 2.24) is 19.6 Å². The molecule has 0 aliphatic rings. The van der Waals surface area contributed by atoms with Gasteiger partial charge in [0.25, 0.3) is 11.8 Å². The Morgan fingerprint density at radius 3 is 2.41 bits per heavy atom. The summed E-state index contributed by atoms with van der Waals surface area (Å²) in [4.78, 5) is 43.0. The van der Waals surface area contributed by atoms with E-state index >= 15 is 0 Å².